The number of guanidine groups is 1. The van der Waals surface area contributed by atoms with Crippen LogP contribution in [0.1, 0.15) is 44.9 Å². The van der Waals surface area contributed by atoms with Crippen LogP contribution >= 0.6 is 0 Å². The summed E-state index contributed by atoms with van der Waals surface area (Å²) in [6, 6.07) is -2.48. The molecule has 160 valence electrons. The standard InChI is InChI=1S/C17H33N7O4/c18-8-2-1-6-12(15(26)24-10-4-7-13(24)16(27)28)23-14(25)11(19)5-3-9-22-17(20)21/h11-13H,1-10,18-19H2,(H,23,25)(H,27,28)(H4,20,21,22). The molecule has 0 spiro atoms. The summed E-state index contributed by atoms with van der Waals surface area (Å²) >= 11 is 0. The first-order valence-corrected chi connectivity index (χ1v) is 9.62. The van der Waals surface area contributed by atoms with Gasteiger partial charge in [-0.1, -0.05) is 0 Å². The number of hydrogen-bond donors (Lipinski definition) is 6. The van der Waals surface area contributed by atoms with Crippen LogP contribution in [0.4, 0.5) is 0 Å². The first-order chi connectivity index (χ1) is 13.3. The molecule has 1 aliphatic rings. The van der Waals surface area contributed by atoms with Gasteiger partial charge >= 0.3 is 5.97 Å². The van der Waals surface area contributed by atoms with Crippen molar-refractivity contribution in [3.05, 3.63) is 0 Å². The average molecular weight is 399 g/mol. The molecule has 1 fully saturated rings. The Balaban J connectivity index is 2.69. The van der Waals surface area contributed by atoms with Crippen LogP contribution in [0.2, 0.25) is 0 Å². The number of nitrogens with two attached hydrogens (primary N) is 4. The monoisotopic (exact) mass is 399 g/mol. The number of likely N-dealkylation sites (tertiary alicyclic amines) is 1. The second-order valence-electron chi connectivity index (χ2n) is 6.93. The molecule has 0 saturated carbocycles. The van der Waals surface area contributed by atoms with E-state index in [1.807, 2.05) is 0 Å². The molecule has 3 unspecified atom stereocenters. The van der Waals surface area contributed by atoms with Gasteiger partial charge in [-0.05, 0) is 51.5 Å². The van der Waals surface area contributed by atoms with Crippen LogP contribution in [0.5, 0.6) is 0 Å². The maximum Gasteiger partial charge on any atom is 0.326 e. The van der Waals surface area contributed by atoms with Crippen LogP contribution in [-0.2, 0) is 14.4 Å². The number of amides is 2. The van der Waals surface area contributed by atoms with E-state index in [0.29, 0.717) is 64.6 Å². The summed E-state index contributed by atoms with van der Waals surface area (Å²) in [4.78, 5) is 41.8. The Labute approximate surface area is 164 Å². The van der Waals surface area contributed by atoms with E-state index in [2.05, 4.69) is 10.3 Å². The van der Waals surface area contributed by atoms with Crippen LogP contribution in [0.15, 0.2) is 4.99 Å². The lowest BCUT2D eigenvalue weighted by Gasteiger charge is -2.28. The maximum absolute atomic E-state index is 12.9. The van der Waals surface area contributed by atoms with Gasteiger partial charge in [0.1, 0.15) is 12.1 Å². The lowest BCUT2D eigenvalue weighted by molar-refractivity contribution is -0.149. The quantitative estimate of drug-likeness (QED) is 0.123. The lowest BCUT2D eigenvalue weighted by atomic mass is 10.1. The van der Waals surface area contributed by atoms with Gasteiger partial charge in [-0.3, -0.25) is 14.6 Å². The van der Waals surface area contributed by atoms with Crippen LogP contribution in [0.25, 0.3) is 0 Å². The third-order valence-corrected chi connectivity index (χ3v) is 4.69. The van der Waals surface area contributed by atoms with Gasteiger partial charge in [0.05, 0.1) is 6.04 Å². The van der Waals surface area contributed by atoms with Gasteiger partial charge in [0.15, 0.2) is 5.96 Å². The molecule has 1 saturated heterocycles. The molecular formula is C17H33N7O4. The number of nitrogens with one attached hydrogen (secondary N) is 1. The second kappa shape index (κ2) is 12.1. The first kappa shape index (κ1) is 23.6. The molecule has 0 aromatic heterocycles. The van der Waals surface area contributed by atoms with Crippen LogP contribution in [0, 0.1) is 0 Å². The summed E-state index contributed by atoms with van der Waals surface area (Å²) in [5.74, 6) is -1.90. The summed E-state index contributed by atoms with van der Waals surface area (Å²) in [5, 5.41) is 12.0. The third-order valence-electron chi connectivity index (χ3n) is 4.69. The Morgan fingerprint density at radius 1 is 1.18 bits per heavy atom. The molecule has 1 aliphatic heterocycles. The van der Waals surface area contributed by atoms with Gasteiger partial charge in [-0.15, -0.1) is 0 Å². The van der Waals surface area contributed by atoms with E-state index in [1.54, 1.807) is 0 Å². The maximum atomic E-state index is 12.9. The molecule has 0 bridgehead atoms. The van der Waals surface area contributed by atoms with Gasteiger partial charge in [0.25, 0.3) is 0 Å². The van der Waals surface area contributed by atoms with Crippen LogP contribution in [0.3, 0.4) is 0 Å². The van der Waals surface area contributed by atoms with E-state index < -0.39 is 30.0 Å². The first-order valence-electron chi connectivity index (χ1n) is 9.62. The zero-order valence-corrected chi connectivity index (χ0v) is 16.2. The molecule has 0 aromatic rings. The molecule has 0 aliphatic carbocycles. The number of aliphatic imine (C=N–C) groups is 1. The smallest absolute Gasteiger partial charge is 0.326 e. The van der Waals surface area contributed by atoms with Crippen molar-refractivity contribution < 1.29 is 19.5 Å². The molecule has 11 nitrogen and oxygen atoms in total. The van der Waals surface area contributed by atoms with E-state index in [-0.39, 0.29) is 11.9 Å². The van der Waals surface area contributed by atoms with Crippen LogP contribution in [-0.4, -0.2) is 71.5 Å². The Kier molecular flexibility index (Phi) is 10.2. The number of carbonyl (C=O) groups excluding carboxylic acids is 2. The average Bonchev–Trinajstić information content (AvgIpc) is 3.13. The van der Waals surface area contributed by atoms with Crippen molar-refractivity contribution in [2.24, 2.45) is 27.9 Å². The fourth-order valence-electron chi connectivity index (χ4n) is 3.17. The van der Waals surface area contributed by atoms with E-state index >= 15 is 0 Å². The third kappa shape index (κ3) is 7.69. The predicted molar refractivity (Wildman–Crippen MR) is 105 cm³/mol. The Morgan fingerprint density at radius 2 is 1.89 bits per heavy atom. The number of carboxylic acids is 1. The molecule has 2 amide bonds. The van der Waals surface area contributed by atoms with Crippen molar-refractivity contribution in [3.8, 4) is 0 Å². The number of carbonyl (C=O) groups is 3. The van der Waals surface area contributed by atoms with Crippen molar-refractivity contribution in [1.82, 2.24) is 10.2 Å². The fourth-order valence-corrected chi connectivity index (χ4v) is 3.17. The molecule has 1 heterocycles. The number of rotatable bonds is 12. The van der Waals surface area contributed by atoms with E-state index in [4.69, 9.17) is 22.9 Å². The highest BCUT2D eigenvalue weighted by molar-refractivity contribution is 5.92. The molecule has 0 aromatic carbocycles. The van der Waals surface area contributed by atoms with Crippen LogP contribution < -0.4 is 28.3 Å². The summed E-state index contributed by atoms with van der Waals surface area (Å²) < 4.78 is 0. The number of nitrogens with zero attached hydrogens (tertiary/aromatic N) is 2. The highest BCUT2D eigenvalue weighted by Gasteiger charge is 2.37. The summed E-state index contributed by atoms with van der Waals surface area (Å²) in [7, 11) is 0. The van der Waals surface area contributed by atoms with E-state index in [0.717, 1.165) is 0 Å². The number of unbranched alkanes of at least 4 members (excludes halogenated alkanes) is 1. The largest absolute Gasteiger partial charge is 0.480 e. The van der Waals surface area contributed by atoms with E-state index in [1.165, 1.54) is 4.90 Å². The topological polar surface area (TPSA) is 203 Å². The minimum Gasteiger partial charge on any atom is -0.480 e. The van der Waals surface area contributed by atoms with Gasteiger partial charge in [-0.25, -0.2) is 4.79 Å². The second-order valence-corrected chi connectivity index (χ2v) is 6.93. The Morgan fingerprint density at radius 3 is 2.50 bits per heavy atom. The number of aliphatic carboxylic acids is 1. The molecule has 0 radical (unpaired) electrons. The van der Waals surface area contributed by atoms with Gasteiger partial charge in [0, 0.05) is 13.1 Å². The number of carboxylic acid groups (broad SMARTS) is 1. The Bertz CT molecular complexity index is 566. The minimum absolute atomic E-state index is 0.0258. The highest BCUT2D eigenvalue weighted by atomic mass is 16.4. The van der Waals surface area contributed by atoms with Gasteiger partial charge in [0.2, 0.25) is 11.8 Å². The van der Waals surface area contributed by atoms with Crippen molar-refractivity contribution in [3.63, 3.8) is 0 Å². The minimum atomic E-state index is -1.03. The fraction of sp³-hybridized carbons (Fsp3) is 0.765. The highest BCUT2D eigenvalue weighted by Crippen LogP contribution is 2.20. The van der Waals surface area contributed by atoms with Crippen molar-refractivity contribution in [1.29, 1.82) is 0 Å². The molecule has 1 rings (SSSR count). The van der Waals surface area contributed by atoms with Crippen molar-refractivity contribution in [2.75, 3.05) is 19.6 Å². The predicted octanol–water partition coefficient (Wildman–Crippen LogP) is -1.94. The normalized spacial score (nSPS) is 18.4. The lowest BCUT2D eigenvalue weighted by Crippen LogP contribution is -2.54. The zero-order valence-electron chi connectivity index (χ0n) is 16.2. The summed E-state index contributed by atoms with van der Waals surface area (Å²) in [6.45, 7) is 1.19. The molecule has 3 atom stereocenters. The zero-order chi connectivity index (χ0) is 21.1. The van der Waals surface area contributed by atoms with Gasteiger partial charge in [-0.2, -0.15) is 0 Å². The molecule has 10 N–H and O–H groups in total. The molecule has 11 heteroatoms. The van der Waals surface area contributed by atoms with Crippen molar-refractivity contribution in [2.45, 2.75) is 63.1 Å². The Hall–Kier alpha value is -2.40. The SMILES string of the molecule is NCCCCC(NC(=O)C(N)CCCN=C(N)N)C(=O)N1CCCC1C(=O)O. The summed E-state index contributed by atoms with van der Waals surface area (Å²) in [5.41, 5.74) is 21.9. The molecular weight excluding hydrogens is 366 g/mol. The van der Waals surface area contributed by atoms with E-state index in [9.17, 15) is 19.5 Å². The van der Waals surface area contributed by atoms with Gasteiger partial charge < -0.3 is 38.3 Å². The van der Waals surface area contributed by atoms with Crippen molar-refractivity contribution >= 4 is 23.7 Å². The summed E-state index contributed by atoms with van der Waals surface area (Å²) in [6.07, 6.45) is 3.63. The molecule has 28 heavy (non-hydrogen) atoms. The number of hydrogen-bond acceptors (Lipinski definition) is 6.